The van der Waals surface area contributed by atoms with Gasteiger partial charge >= 0.3 is 0 Å². The molecule has 1 rings (SSSR count). The Morgan fingerprint density at radius 2 is 2.20 bits per heavy atom. The van der Waals surface area contributed by atoms with Gasteiger partial charge in [0.15, 0.2) is 5.78 Å². The molecule has 0 aliphatic heterocycles. The molecule has 2 nitrogen and oxygen atoms in total. The van der Waals surface area contributed by atoms with Crippen LogP contribution < -0.4 is 4.74 Å². The van der Waals surface area contributed by atoms with Crippen LogP contribution in [0.3, 0.4) is 0 Å². The molecule has 15 heavy (non-hydrogen) atoms. The van der Waals surface area contributed by atoms with E-state index in [0.717, 1.165) is 8.96 Å². The predicted octanol–water partition coefficient (Wildman–Crippen LogP) is 3.94. The van der Waals surface area contributed by atoms with Crippen LogP contribution in [-0.2, 0) is 0 Å². The van der Waals surface area contributed by atoms with E-state index >= 15 is 0 Å². The lowest BCUT2D eigenvalue weighted by molar-refractivity contribution is 0.101. The fraction of sp³-hybridized carbons (Fsp3) is 0.182. The fourth-order valence-electron chi connectivity index (χ4n) is 1.06. The van der Waals surface area contributed by atoms with E-state index in [-0.39, 0.29) is 5.78 Å². The monoisotopic (exact) mass is 332 g/mol. The first-order valence-corrected chi connectivity index (χ1v) is 5.86. The molecule has 0 aliphatic rings. The van der Waals surface area contributed by atoms with Gasteiger partial charge in [0.05, 0.1) is 5.56 Å². The first kappa shape index (κ1) is 12.5. The maximum absolute atomic E-state index is 11.3. The average Bonchev–Trinajstić information content (AvgIpc) is 2.15. The van der Waals surface area contributed by atoms with Gasteiger partial charge in [-0.3, -0.25) is 4.79 Å². The van der Waals surface area contributed by atoms with Crippen LogP contribution in [0, 0.1) is 0 Å². The Hall–Kier alpha value is -0.610. The van der Waals surface area contributed by atoms with Gasteiger partial charge in [-0.2, -0.15) is 0 Å². The SMILES string of the molecule is C=C(Br)COc1ccc(Br)cc1C(C)=O. The third kappa shape index (κ3) is 3.80. The van der Waals surface area contributed by atoms with Crippen molar-refractivity contribution in [3.63, 3.8) is 0 Å². The van der Waals surface area contributed by atoms with E-state index in [1.54, 1.807) is 12.1 Å². The molecule has 0 aromatic heterocycles. The molecule has 0 heterocycles. The van der Waals surface area contributed by atoms with Gasteiger partial charge in [0.25, 0.3) is 0 Å². The largest absolute Gasteiger partial charge is 0.488 e. The van der Waals surface area contributed by atoms with Crippen LogP contribution >= 0.6 is 31.9 Å². The van der Waals surface area contributed by atoms with Crippen LogP contribution in [0.2, 0.25) is 0 Å². The standard InChI is InChI=1S/C11H10Br2O2/c1-7(12)6-15-11-4-3-9(13)5-10(11)8(2)14/h3-5H,1,6H2,2H3. The van der Waals surface area contributed by atoms with Crippen LogP contribution in [-0.4, -0.2) is 12.4 Å². The Morgan fingerprint density at radius 1 is 1.53 bits per heavy atom. The van der Waals surface area contributed by atoms with Gasteiger partial charge in [0.2, 0.25) is 0 Å². The van der Waals surface area contributed by atoms with Crippen molar-refractivity contribution in [2.45, 2.75) is 6.92 Å². The lowest BCUT2D eigenvalue weighted by Gasteiger charge is -2.09. The third-order valence-corrected chi connectivity index (χ3v) is 2.43. The van der Waals surface area contributed by atoms with E-state index in [0.29, 0.717) is 17.9 Å². The normalized spacial score (nSPS) is 9.80. The van der Waals surface area contributed by atoms with E-state index in [9.17, 15) is 4.79 Å². The molecule has 0 bridgehead atoms. The number of Topliss-reactive ketones (excluding diaryl/α,β-unsaturated/α-hetero) is 1. The highest BCUT2D eigenvalue weighted by molar-refractivity contribution is 9.11. The number of hydrogen-bond acceptors (Lipinski definition) is 2. The number of carbonyl (C=O) groups is 1. The van der Waals surface area contributed by atoms with Gasteiger partial charge in [0, 0.05) is 8.96 Å². The molecule has 0 unspecified atom stereocenters. The number of benzene rings is 1. The quantitative estimate of drug-likeness (QED) is 0.780. The van der Waals surface area contributed by atoms with E-state index < -0.39 is 0 Å². The second-order valence-corrected chi connectivity index (χ2v) is 5.04. The van der Waals surface area contributed by atoms with Crippen molar-refractivity contribution in [1.29, 1.82) is 0 Å². The summed E-state index contributed by atoms with van der Waals surface area (Å²) < 4.78 is 7.02. The van der Waals surface area contributed by atoms with Gasteiger partial charge in [-0.25, -0.2) is 0 Å². The summed E-state index contributed by atoms with van der Waals surface area (Å²) in [7, 11) is 0. The molecule has 4 heteroatoms. The van der Waals surface area contributed by atoms with Crippen LogP contribution in [0.25, 0.3) is 0 Å². The molecule has 1 aromatic rings. The zero-order chi connectivity index (χ0) is 11.4. The second kappa shape index (κ2) is 5.47. The molecule has 0 fully saturated rings. The molecule has 1 aromatic carbocycles. The second-order valence-electron chi connectivity index (χ2n) is 3.00. The van der Waals surface area contributed by atoms with Crippen molar-refractivity contribution in [3.8, 4) is 5.75 Å². The lowest BCUT2D eigenvalue weighted by Crippen LogP contribution is -2.02. The van der Waals surface area contributed by atoms with Crippen molar-refractivity contribution in [2.75, 3.05) is 6.61 Å². The van der Waals surface area contributed by atoms with Crippen LogP contribution in [0.4, 0.5) is 0 Å². The molecular formula is C11H10Br2O2. The summed E-state index contributed by atoms with van der Waals surface area (Å²) >= 11 is 6.50. The molecule has 0 radical (unpaired) electrons. The molecule has 0 amide bonds. The summed E-state index contributed by atoms with van der Waals surface area (Å²) in [6, 6.07) is 5.34. The summed E-state index contributed by atoms with van der Waals surface area (Å²) in [4.78, 5) is 11.3. The fourth-order valence-corrected chi connectivity index (χ4v) is 1.53. The first-order valence-electron chi connectivity index (χ1n) is 4.27. The van der Waals surface area contributed by atoms with Gasteiger partial charge < -0.3 is 4.74 Å². The highest BCUT2D eigenvalue weighted by Gasteiger charge is 2.08. The highest BCUT2D eigenvalue weighted by Crippen LogP contribution is 2.24. The van der Waals surface area contributed by atoms with E-state index in [1.807, 2.05) is 6.07 Å². The van der Waals surface area contributed by atoms with Crippen molar-refractivity contribution in [1.82, 2.24) is 0 Å². The molecular weight excluding hydrogens is 324 g/mol. The smallest absolute Gasteiger partial charge is 0.163 e. The van der Waals surface area contributed by atoms with Gasteiger partial charge in [0.1, 0.15) is 12.4 Å². The third-order valence-electron chi connectivity index (χ3n) is 1.71. The van der Waals surface area contributed by atoms with E-state index in [2.05, 4.69) is 38.4 Å². The number of ketones is 1. The molecule has 80 valence electrons. The maximum Gasteiger partial charge on any atom is 0.163 e. The van der Waals surface area contributed by atoms with Crippen LogP contribution in [0.15, 0.2) is 33.7 Å². The zero-order valence-electron chi connectivity index (χ0n) is 8.22. The summed E-state index contributed by atoms with van der Waals surface area (Å²) in [6.07, 6.45) is 0. The van der Waals surface area contributed by atoms with Gasteiger partial charge in [-0.05, 0) is 25.1 Å². The first-order chi connectivity index (χ1) is 7.00. The van der Waals surface area contributed by atoms with Crippen molar-refractivity contribution >= 4 is 37.6 Å². The van der Waals surface area contributed by atoms with Crippen molar-refractivity contribution in [2.24, 2.45) is 0 Å². The van der Waals surface area contributed by atoms with Crippen LogP contribution in [0.5, 0.6) is 5.75 Å². The molecule has 0 aliphatic carbocycles. The molecule has 0 saturated heterocycles. The maximum atomic E-state index is 11.3. The molecule has 0 atom stereocenters. The summed E-state index contributed by atoms with van der Waals surface area (Å²) in [5, 5.41) is 0. The number of hydrogen-bond donors (Lipinski definition) is 0. The Labute approximate surface area is 106 Å². The van der Waals surface area contributed by atoms with Crippen molar-refractivity contribution < 1.29 is 9.53 Å². The van der Waals surface area contributed by atoms with Crippen LogP contribution in [0.1, 0.15) is 17.3 Å². The van der Waals surface area contributed by atoms with E-state index in [1.165, 1.54) is 6.92 Å². The predicted molar refractivity (Wildman–Crippen MR) is 67.7 cm³/mol. The van der Waals surface area contributed by atoms with Gasteiger partial charge in [-0.15, -0.1) is 0 Å². The Bertz CT molecular complexity index is 400. The Balaban J connectivity index is 2.95. The number of rotatable bonds is 4. The topological polar surface area (TPSA) is 26.3 Å². The summed E-state index contributed by atoms with van der Waals surface area (Å²) in [6.45, 7) is 5.52. The minimum atomic E-state index is -0.0218. The lowest BCUT2D eigenvalue weighted by atomic mass is 10.1. The minimum absolute atomic E-state index is 0.0218. The summed E-state index contributed by atoms with van der Waals surface area (Å²) in [5.41, 5.74) is 0.568. The zero-order valence-corrected chi connectivity index (χ0v) is 11.4. The Kier molecular flexibility index (Phi) is 4.54. The number of halogens is 2. The number of carbonyl (C=O) groups excluding carboxylic acids is 1. The Morgan fingerprint density at radius 3 is 2.73 bits per heavy atom. The average molecular weight is 334 g/mol. The minimum Gasteiger partial charge on any atom is -0.488 e. The number of ether oxygens (including phenoxy) is 1. The van der Waals surface area contributed by atoms with Gasteiger partial charge in [-0.1, -0.05) is 38.4 Å². The van der Waals surface area contributed by atoms with Crippen molar-refractivity contribution in [3.05, 3.63) is 39.3 Å². The molecule has 0 spiro atoms. The highest BCUT2D eigenvalue weighted by atomic mass is 79.9. The molecule has 0 saturated carbocycles. The molecule has 0 N–H and O–H groups in total. The summed E-state index contributed by atoms with van der Waals surface area (Å²) in [5.74, 6) is 0.554. The van der Waals surface area contributed by atoms with E-state index in [4.69, 9.17) is 4.74 Å².